The molecule has 0 fully saturated rings. The zero-order valence-corrected chi connectivity index (χ0v) is 21.9. The molecule has 0 aliphatic rings. The molecular formula is C19H46BrN4O2P. The Kier molecular flexibility index (Phi) is 17.1. The first-order valence-electron chi connectivity index (χ1n) is 10.1. The Morgan fingerprint density at radius 1 is 0.741 bits per heavy atom. The first-order chi connectivity index (χ1) is 12.4. The maximum absolute atomic E-state index is 6.15. The molecule has 0 bridgehead atoms. The molecule has 0 aromatic carbocycles. The molecular weight excluding hydrogens is 427 g/mol. The molecule has 0 saturated carbocycles. The molecule has 0 aliphatic heterocycles. The minimum absolute atomic E-state index is 0. The number of nitrogens with zero attached hydrogens (tertiary/aromatic N) is 3. The van der Waals surface area contributed by atoms with Crippen LogP contribution in [0.5, 0.6) is 0 Å². The van der Waals surface area contributed by atoms with E-state index >= 15 is 0 Å². The van der Waals surface area contributed by atoms with Crippen LogP contribution in [0.4, 0.5) is 0 Å². The summed E-state index contributed by atoms with van der Waals surface area (Å²) in [5.74, 6) is -1.59. The fourth-order valence-corrected chi connectivity index (χ4v) is 4.31. The van der Waals surface area contributed by atoms with E-state index in [2.05, 4.69) is 71.1 Å². The van der Waals surface area contributed by atoms with Crippen LogP contribution in [0.3, 0.4) is 0 Å². The van der Waals surface area contributed by atoms with Crippen LogP contribution in [-0.4, -0.2) is 81.4 Å². The van der Waals surface area contributed by atoms with Crippen LogP contribution in [0.2, 0.25) is 0 Å². The van der Waals surface area contributed by atoms with E-state index in [1.807, 2.05) is 0 Å². The van der Waals surface area contributed by atoms with E-state index in [9.17, 15) is 0 Å². The average Bonchev–Trinajstić information content (AvgIpc) is 2.66. The van der Waals surface area contributed by atoms with Gasteiger partial charge in [-0.05, 0) is 40.4 Å². The molecule has 6 nitrogen and oxygen atoms in total. The molecule has 1 unspecified atom stereocenters. The van der Waals surface area contributed by atoms with Gasteiger partial charge in [-0.15, -0.1) is 17.0 Å². The molecule has 0 heterocycles. The summed E-state index contributed by atoms with van der Waals surface area (Å²) in [5.41, 5.74) is 0. The van der Waals surface area contributed by atoms with Crippen molar-refractivity contribution in [1.29, 1.82) is 0 Å². The highest BCUT2D eigenvalue weighted by Gasteiger charge is 2.60. The third-order valence-electron chi connectivity index (χ3n) is 5.34. The van der Waals surface area contributed by atoms with E-state index in [0.717, 1.165) is 58.2 Å². The summed E-state index contributed by atoms with van der Waals surface area (Å²) < 4.78 is 12.3. The van der Waals surface area contributed by atoms with Crippen LogP contribution in [-0.2, 0) is 9.47 Å². The van der Waals surface area contributed by atoms with Crippen molar-refractivity contribution in [3.05, 3.63) is 0 Å². The number of ether oxygens (including phenoxy) is 2. The van der Waals surface area contributed by atoms with Crippen LogP contribution in [0.1, 0.15) is 59.3 Å². The summed E-state index contributed by atoms with van der Waals surface area (Å²) in [5, 5.41) is 3.51. The van der Waals surface area contributed by atoms with E-state index in [-0.39, 0.29) is 17.0 Å². The number of likely N-dealkylation sites (N-methyl/N-ethyl adjacent to an activating group) is 3. The van der Waals surface area contributed by atoms with E-state index in [4.69, 9.17) is 9.47 Å². The molecule has 0 aromatic heterocycles. The standard InChI is InChI=1S/C19H45N4O2P.BrH/c1-9-12-15-21(4)18(20-26,22(5)16-13-10-2)19(24-7,25-8)23(6)17-14-11-3;/h20H,9-17,26H2,1-8H3;1H. The van der Waals surface area contributed by atoms with Crippen molar-refractivity contribution in [1.82, 2.24) is 19.8 Å². The predicted molar refractivity (Wildman–Crippen MR) is 125 cm³/mol. The number of rotatable bonds is 16. The highest BCUT2D eigenvalue weighted by Crippen LogP contribution is 2.36. The van der Waals surface area contributed by atoms with Crippen LogP contribution >= 0.6 is 26.4 Å². The third kappa shape index (κ3) is 6.85. The Bertz CT molecular complexity index is 349. The quantitative estimate of drug-likeness (QED) is 0.272. The molecule has 0 rings (SSSR count). The lowest BCUT2D eigenvalue weighted by molar-refractivity contribution is -0.380. The Labute approximate surface area is 181 Å². The van der Waals surface area contributed by atoms with Crippen molar-refractivity contribution in [2.75, 3.05) is 55.0 Å². The van der Waals surface area contributed by atoms with Gasteiger partial charge in [-0.25, -0.2) is 0 Å². The van der Waals surface area contributed by atoms with Gasteiger partial charge in [0.2, 0.25) is 5.79 Å². The summed E-state index contributed by atoms with van der Waals surface area (Å²) in [7, 11) is 12.6. The monoisotopic (exact) mass is 472 g/mol. The van der Waals surface area contributed by atoms with E-state index in [0.29, 0.717) is 0 Å². The first kappa shape index (κ1) is 29.9. The van der Waals surface area contributed by atoms with Gasteiger partial charge in [0, 0.05) is 33.9 Å². The maximum Gasteiger partial charge on any atom is 0.278 e. The summed E-state index contributed by atoms with van der Waals surface area (Å²) in [4.78, 5) is 6.85. The molecule has 0 amide bonds. The lowest BCUT2D eigenvalue weighted by atomic mass is 10.1. The van der Waals surface area contributed by atoms with Gasteiger partial charge in [0.15, 0.2) is 0 Å². The molecule has 0 radical (unpaired) electrons. The Balaban J connectivity index is 0. The van der Waals surface area contributed by atoms with E-state index < -0.39 is 11.7 Å². The zero-order chi connectivity index (χ0) is 20.2. The van der Waals surface area contributed by atoms with Gasteiger partial charge in [0.1, 0.15) is 0 Å². The largest absolute Gasteiger partial charge is 0.337 e. The smallest absolute Gasteiger partial charge is 0.278 e. The number of unbranched alkanes of at least 4 members (excludes halogenated alkanes) is 3. The van der Waals surface area contributed by atoms with Gasteiger partial charge in [-0.3, -0.25) is 19.8 Å². The summed E-state index contributed by atoms with van der Waals surface area (Å²) >= 11 is 0. The Morgan fingerprint density at radius 2 is 1.07 bits per heavy atom. The minimum Gasteiger partial charge on any atom is -0.337 e. The summed E-state index contributed by atoms with van der Waals surface area (Å²) in [6.45, 7) is 9.44. The normalized spacial score (nSPS) is 12.9. The second-order valence-corrected chi connectivity index (χ2v) is 7.42. The van der Waals surface area contributed by atoms with Crippen molar-refractivity contribution in [2.45, 2.75) is 71.0 Å². The van der Waals surface area contributed by atoms with E-state index in [1.165, 1.54) is 0 Å². The molecule has 1 atom stereocenters. The molecule has 0 aliphatic carbocycles. The van der Waals surface area contributed by atoms with Gasteiger partial charge in [0.25, 0.3) is 5.91 Å². The fourth-order valence-electron chi connectivity index (χ4n) is 3.69. The number of halogens is 1. The first-order valence-corrected chi connectivity index (χ1v) is 10.7. The van der Waals surface area contributed by atoms with Gasteiger partial charge in [-0.2, -0.15) is 0 Å². The topological polar surface area (TPSA) is 40.2 Å². The summed E-state index contributed by atoms with van der Waals surface area (Å²) in [6.07, 6.45) is 6.76. The lowest BCUT2D eigenvalue weighted by Crippen LogP contribution is -2.81. The fraction of sp³-hybridized carbons (Fsp3) is 1.00. The second kappa shape index (κ2) is 15.5. The van der Waals surface area contributed by atoms with Crippen LogP contribution < -0.4 is 5.09 Å². The second-order valence-electron chi connectivity index (χ2n) is 7.13. The molecule has 8 heteroatoms. The van der Waals surface area contributed by atoms with Crippen molar-refractivity contribution in [3.63, 3.8) is 0 Å². The molecule has 0 aromatic rings. The average molecular weight is 473 g/mol. The van der Waals surface area contributed by atoms with Gasteiger partial charge in [0.05, 0.1) is 0 Å². The molecule has 27 heavy (non-hydrogen) atoms. The lowest BCUT2D eigenvalue weighted by Gasteiger charge is -2.59. The van der Waals surface area contributed by atoms with Crippen molar-refractivity contribution in [3.8, 4) is 0 Å². The molecule has 0 spiro atoms. The number of hydrogen-bond donors (Lipinski definition) is 1. The van der Waals surface area contributed by atoms with Crippen molar-refractivity contribution in [2.24, 2.45) is 0 Å². The number of methoxy groups -OCH3 is 2. The number of nitrogens with one attached hydrogen (secondary N) is 1. The van der Waals surface area contributed by atoms with Gasteiger partial charge < -0.3 is 9.47 Å². The van der Waals surface area contributed by atoms with Gasteiger partial charge >= 0.3 is 0 Å². The minimum atomic E-state index is -0.950. The van der Waals surface area contributed by atoms with Gasteiger partial charge in [-0.1, -0.05) is 49.4 Å². The highest BCUT2D eigenvalue weighted by molar-refractivity contribution is 8.93. The Hall–Kier alpha value is 0.670. The maximum atomic E-state index is 6.15. The molecule has 0 saturated heterocycles. The number of hydrogen-bond acceptors (Lipinski definition) is 6. The highest BCUT2D eigenvalue weighted by atomic mass is 79.9. The van der Waals surface area contributed by atoms with Crippen molar-refractivity contribution < 1.29 is 9.47 Å². The van der Waals surface area contributed by atoms with Crippen LogP contribution in [0.25, 0.3) is 0 Å². The SMILES string of the molecule is Br.CCCCN(C)C(OC)(OC)C(NP)(N(C)CCCC)N(C)CCCC. The zero-order valence-electron chi connectivity index (χ0n) is 19.0. The van der Waals surface area contributed by atoms with Crippen LogP contribution in [0, 0.1) is 0 Å². The molecule has 1 N–H and O–H groups in total. The van der Waals surface area contributed by atoms with Crippen LogP contribution in [0.15, 0.2) is 0 Å². The van der Waals surface area contributed by atoms with Crippen molar-refractivity contribution >= 4 is 26.4 Å². The predicted octanol–water partition coefficient (Wildman–Crippen LogP) is 3.74. The third-order valence-corrected chi connectivity index (χ3v) is 5.75. The molecule has 166 valence electrons. The Morgan fingerprint density at radius 3 is 1.33 bits per heavy atom. The summed E-state index contributed by atoms with van der Waals surface area (Å²) in [6, 6.07) is 0. The van der Waals surface area contributed by atoms with E-state index in [1.54, 1.807) is 14.2 Å².